The number of hydrogen-bond donors (Lipinski definition) is 0. The van der Waals surface area contributed by atoms with E-state index in [2.05, 4.69) is 6.58 Å². The molecule has 24 heavy (non-hydrogen) atoms. The van der Waals surface area contributed by atoms with Gasteiger partial charge in [0.1, 0.15) is 5.75 Å². The Balaban J connectivity index is 2.34. The first-order chi connectivity index (χ1) is 11.4. The summed E-state index contributed by atoms with van der Waals surface area (Å²) in [6.07, 6.45) is 1.59. The van der Waals surface area contributed by atoms with Crippen LogP contribution in [0.25, 0.3) is 0 Å². The lowest BCUT2D eigenvalue weighted by Gasteiger charge is -2.29. The number of benzene rings is 1. The fourth-order valence-corrected chi connectivity index (χ4v) is 2.78. The van der Waals surface area contributed by atoms with Crippen molar-refractivity contribution in [2.45, 2.75) is 26.8 Å². The fraction of sp³-hybridized carbons (Fsp3) is 0.389. The van der Waals surface area contributed by atoms with Crippen molar-refractivity contribution in [1.82, 2.24) is 4.90 Å². The number of likely N-dealkylation sites (N-methyl/N-ethyl adjacent to an activating group) is 1. The van der Waals surface area contributed by atoms with Gasteiger partial charge >= 0.3 is 0 Å². The van der Waals surface area contributed by atoms with Gasteiger partial charge in [-0.05, 0) is 32.0 Å². The van der Waals surface area contributed by atoms with E-state index in [1.807, 2.05) is 6.92 Å². The predicted octanol–water partition coefficient (Wildman–Crippen LogP) is 2.04. The molecule has 1 aliphatic rings. The Bertz CT molecular complexity index is 684. The van der Waals surface area contributed by atoms with Crippen molar-refractivity contribution in [2.24, 2.45) is 0 Å². The van der Waals surface area contributed by atoms with Crippen LogP contribution in [0.4, 0.5) is 5.69 Å². The van der Waals surface area contributed by atoms with E-state index in [-0.39, 0.29) is 24.2 Å². The van der Waals surface area contributed by atoms with Gasteiger partial charge in [0.05, 0.1) is 11.7 Å². The van der Waals surface area contributed by atoms with Crippen LogP contribution < -0.4 is 9.64 Å². The minimum atomic E-state index is -0.617. The summed E-state index contributed by atoms with van der Waals surface area (Å²) in [6.45, 7) is 9.40. The quantitative estimate of drug-likeness (QED) is 0.591. The Hall–Kier alpha value is -2.63. The zero-order chi connectivity index (χ0) is 17.9. The summed E-state index contributed by atoms with van der Waals surface area (Å²) >= 11 is 0. The van der Waals surface area contributed by atoms with E-state index in [1.165, 1.54) is 11.8 Å². The summed E-state index contributed by atoms with van der Waals surface area (Å²) < 4.78 is 5.41. The monoisotopic (exact) mass is 330 g/mol. The average molecular weight is 330 g/mol. The molecule has 2 rings (SSSR count). The van der Waals surface area contributed by atoms with Crippen LogP contribution in [0, 0.1) is 0 Å². The van der Waals surface area contributed by atoms with Gasteiger partial charge in [0.25, 0.3) is 5.91 Å². The van der Waals surface area contributed by atoms with Gasteiger partial charge in [-0.25, -0.2) is 0 Å². The normalized spacial score (nSPS) is 14.5. The average Bonchev–Trinajstić information content (AvgIpc) is 2.57. The van der Waals surface area contributed by atoms with Crippen molar-refractivity contribution in [3.63, 3.8) is 0 Å². The summed E-state index contributed by atoms with van der Waals surface area (Å²) in [5.74, 6) is 0.0566. The molecular weight excluding hydrogens is 308 g/mol. The number of carbonyl (C=O) groups excluding carboxylic acids is 3. The maximum atomic E-state index is 12.8. The van der Waals surface area contributed by atoms with Crippen molar-refractivity contribution >= 4 is 23.3 Å². The number of ketones is 1. The van der Waals surface area contributed by atoms with Crippen LogP contribution in [0.3, 0.4) is 0 Å². The topological polar surface area (TPSA) is 66.9 Å². The molecule has 1 unspecified atom stereocenters. The molecule has 1 atom stereocenters. The van der Waals surface area contributed by atoms with Crippen LogP contribution in [0.15, 0.2) is 30.9 Å². The van der Waals surface area contributed by atoms with E-state index in [4.69, 9.17) is 4.74 Å². The number of rotatable bonds is 6. The number of fused-ring (bicyclic) bond motifs is 1. The SMILES string of the molecule is C=CCN(C(C)=O)C(C)C(=O)c1ccc2c(c1)N(CC)C(=O)CO2. The highest BCUT2D eigenvalue weighted by Crippen LogP contribution is 2.33. The molecule has 0 bridgehead atoms. The third-order valence-corrected chi connectivity index (χ3v) is 4.08. The molecule has 0 fully saturated rings. The van der Waals surface area contributed by atoms with Crippen molar-refractivity contribution in [3.05, 3.63) is 36.4 Å². The predicted molar refractivity (Wildman–Crippen MR) is 91.3 cm³/mol. The zero-order valence-electron chi connectivity index (χ0n) is 14.2. The Morgan fingerprint density at radius 3 is 2.75 bits per heavy atom. The molecule has 128 valence electrons. The summed E-state index contributed by atoms with van der Waals surface area (Å²) in [6, 6.07) is 4.39. The van der Waals surface area contributed by atoms with Gasteiger partial charge in [-0.3, -0.25) is 14.4 Å². The van der Waals surface area contributed by atoms with E-state index >= 15 is 0 Å². The van der Waals surface area contributed by atoms with Crippen LogP contribution >= 0.6 is 0 Å². The Morgan fingerprint density at radius 1 is 1.46 bits per heavy atom. The number of anilines is 1. The van der Waals surface area contributed by atoms with Gasteiger partial charge in [-0.15, -0.1) is 6.58 Å². The molecule has 1 aromatic rings. The molecule has 1 aliphatic heterocycles. The molecule has 2 amide bonds. The highest BCUT2D eigenvalue weighted by molar-refractivity contribution is 6.04. The third kappa shape index (κ3) is 3.32. The molecule has 0 aromatic heterocycles. The van der Waals surface area contributed by atoms with E-state index in [9.17, 15) is 14.4 Å². The van der Waals surface area contributed by atoms with Crippen molar-refractivity contribution < 1.29 is 19.1 Å². The van der Waals surface area contributed by atoms with Gasteiger partial charge in [0.2, 0.25) is 5.91 Å². The highest BCUT2D eigenvalue weighted by Gasteiger charge is 2.28. The first kappa shape index (κ1) is 17.7. The molecule has 0 radical (unpaired) electrons. The number of ether oxygens (including phenoxy) is 1. The largest absolute Gasteiger partial charge is 0.482 e. The highest BCUT2D eigenvalue weighted by atomic mass is 16.5. The van der Waals surface area contributed by atoms with Crippen LogP contribution in [-0.4, -0.2) is 48.2 Å². The van der Waals surface area contributed by atoms with Crippen LogP contribution in [-0.2, 0) is 9.59 Å². The Morgan fingerprint density at radius 2 is 2.17 bits per heavy atom. The smallest absolute Gasteiger partial charge is 0.265 e. The molecule has 0 saturated carbocycles. The molecular formula is C18H22N2O4. The van der Waals surface area contributed by atoms with Gasteiger partial charge in [0, 0.05) is 25.6 Å². The summed E-state index contributed by atoms with van der Waals surface area (Å²) in [7, 11) is 0. The number of Topliss-reactive ketones (excluding diaryl/α,β-unsaturated/α-hetero) is 1. The number of hydrogen-bond acceptors (Lipinski definition) is 4. The standard InChI is InChI=1S/C18H22N2O4/c1-5-9-20(13(4)21)12(3)18(23)14-7-8-16-15(10-14)19(6-2)17(22)11-24-16/h5,7-8,10,12H,1,6,9,11H2,2-4H3. The van der Waals surface area contributed by atoms with Crippen molar-refractivity contribution in [3.8, 4) is 5.75 Å². The number of amides is 2. The Labute approximate surface area is 141 Å². The van der Waals surface area contributed by atoms with E-state index < -0.39 is 6.04 Å². The van der Waals surface area contributed by atoms with Gasteiger partial charge in [-0.2, -0.15) is 0 Å². The molecule has 1 heterocycles. The lowest BCUT2D eigenvalue weighted by Crippen LogP contribution is -2.42. The second-order valence-electron chi connectivity index (χ2n) is 5.61. The molecule has 0 spiro atoms. The second kappa shape index (κ2) is 7.29. The summed E-state index contributed by atoms with van der Waals surface area (Å²) in [5, 5.41) is 0. The molecule has 0 saturated heterocycles. The lowest BCUT2D eigenvalue weighted by atomic mass is 10.0. The maximum absolute atomic E-state index is 12.8. The number of carbonyl (C=O) groups is 3. The van der Waals surface area contributed by atoms with Crippen LogP contribution in [0.1, 0.15) is 31.1 Å². The van der Waals surface area contributed by atoms with Crippen LogP contribution in [0.2, 0.25) is 0 Å². The van der Waals surface area contributed by atoms with Gasteiger partial charge in [0.15, 0.2) is 12.4 Å². The van der Waals surface area contributed by atoms with E-state index in [1.54, 1.807) is 36.1 Å². The summed E-state index contributed by atoms with van der Waals surface area (Å²) in [4.78, 5) is 39.5. The second-order valence-corrected chi connectivity index (χ2v) is 5.61. The van der Waals surface area contributed by atoms with Crippen LogP contribution in [0.5, 0.6) is 5.75 Å². The zero-order valence-corrected chi connectivity index (χ0v) is 14.2. The molecule has 6 nitrogen and oxygen atoms in total. The minimum Gasteiger partial charge on any atom is -0.482 e. The van der Waals surface area contributed by atoms with E-state index in [0.29, 0.717) is 30.1 Å². The third-order valence-electron chi connectivity index (χ3n) is 4.08. The minimum absolute atomic E-state index is 0.00197. The maximum Gasteiger partial charge on any atom is 0.265 e. The van der Waals surface area contributed by atoms with Gasteiger partial charge < -0.3 is 14.5 Å². The molecule has 0 N–H and O–H groups in total. The molecule has 1 aromatic carbocycles. The van der Waals surface area contributed by atoms with E-state index in [0.717, 1.165) is 0 Å². The van der Waals surface area contributed by atoms with Crippen molar-refractivity contribution in [2.75, 3.05) is 24.6 Å². The molecule has 6 heteroatoms. The summed E-state index contributed by atoms with van der Waals surface area (Å²) in [5.41, 5.74) is 1.03. The number of nitrogens with zero attached hydrogens (tertiary/aromatic N) is 2. The molecule has 0 aliphatic carbocycles. The van der Waals surface area contributed by atoms with Crippen molar-refractivity contribution in [1.29, 1.82) is 0 Å². The Kier molecular flexibility index (Phi) is 5.39. The fourth-order valence-electron chi connectivity index (χ4n) is 2.78. The van der Waals surface area contributed by atoms with Gasteiger partial charge in [-0.1, -0.05) is 6.08 Å². The first-order valence-electron chi connectivity index (χ1n) is 7.90. The lowest BCUT2D eigenvalue weighted by molar-refractivity contribution is -0.129. The first-order valence-corrected chi connectivity index (χ1v) is 7.90.